The number of fused-ring (bicyclic) bond motifs is 10. The molecule has 0 amide bonds. The van der Waals surface area contributed by atoms with Crippen LogP contribution in [0.3, 0.4) is 0 Å². The Bertz CT molecular complexity index is 5520. The maximum absolute atomic E-state index is 2.63. The van der Waals surface area contributed by atoms with Crippen molar-refractivity contribution >= 4 is 99.8 Å². The molecule has 0 aliphatic heterocycles. The number of hydrogen-bond acceptors (Lipinski definition) is 0. The van der Waals surface area contributed by atoms with E-state index >= 15 is 0 Å². The van der Waals surface area contributed by atoms with Crippen molar-refractivity contribution in [2.75, 3.05) is 0 Å². The van der Waals surface area contributed by atoms with E-state index in [1.807, 2.05) is 0 Å². The van der Waals surface area contributed by atoms with Gasteiger partial charge >= 0.3 is 587 Å². The van der Waals surface area contributed by atoms with Gasteiger partial charge in [0.2, 0.25) is 0 Å². The second kappa shape index (κ2) is 29.4. The van der Waals surface area contributed by atoms with Crippen molar-refractivity contribution in [1.29, 1.82) is 0 Å². The summed E-state index contributed by atoms with van der Waals surface area (Å²) in [5.41, 5.74) is 28.5. The molecule has 0 N–H and O–H groups in total. The van der Waals surface area contributed by atoms with Crippen molar-refractivity contribution in [3.63, 3.8) is 0 Å². The molecule has 0 heterocycles. The van der Waals surface area contributed by atoms with Crippen molar-refractivity contribution in [3.05, 3.63) is 334 Å². The third-order valence-electron chi connectivity index (χ3n) is 21.7. The quantitative estimate of drug-likeness (QED) is 0.105. The first-order valence-corrected chi connectivity index (χ1v) is 52.4. The van der Waals surface area contributed by atoms with Crippen LogP contribution >= 0.6 is 0 Å². The Balaban J connectivity index is 0.000000175. The Hall–Kier alpha value is -7.04. The Labute approximate surface area is 630 Å². The van der Waals surface area contributed by atoms with Gasteiger partial charge in [0.25, 0.3) is 0 Å². The first kappa shape index (κ1) is 71.4. The van der Waals surface area contributed by atoms with Crippen LogP contribution in [0.15, 0.2) is 289 Å². The number of hydrogen-bond donors (Lipinski definition) is 0. The minimum Gasteiger partial charge on any atom is -1.00 e. The normalized spacial score (nSPS) is 16.1. The first-order valence-electron chi connectivity index (χ1n) is 34.3. The molecule has 4 aliphatic rings. The van der Waals surface area contributed by atoms with Crippen LogP contribution < -0.4 is 49.6 Å². The van der Waals surface area contributed by atoms with Crippen molar-refractivity contribution in [2.45, 2.75) is 68.4 Å². The van der Waals surface area contributed by atoms with E-state index in [9.17, 15) is 0 Å². The molecular weight excluding hydrogens is 1490 g/mol. The maximum Gasteiger partial charge on any atom is -1.00 e. The molecule has 0 nitrogen and oxygen atoms in total. The van der Waals surface area contributed by atoms with Crippen molar-refractivity contribution < 1.29 is 90.4 Å². The number of halogens is 4. The third kappa shape index (κ3) is 12.5. The fourth-order valence-electron chi connectivity index (χ4n) is 17.4. The van der Waals surface area contributed by atoms with Gasteiger partial charge < -0.3 is 49.6 Å². The van der Waals surface area contributed by atoms with E-state index < -0.39 is 51.6 Å². The zero-order valence-corrected chi connectivity index (χ0v) is 67.5. The van der Waals surface area contributed by atoms with Gasteiger partial charge in [-0.1, -0.05) is 0 Å². The van der Waals surface area contributed by atoms with Gasteiger partial charge in [0.1, 0.15) is 0 Å². The molecule has 14 aromatic rings. The van der Waals surface area contributed by atoms with E-state index in [1.165, 1.54) is 131 Å². The van der Waals surface area contributed by atoms with Gasteiger partial charge in [-0.25, -0.2) is 0 Å². The van der Waals surface area contributed by atoms with Gasteiger partial charge in [0.15, 0.2) is 0 Å². The summed E-state index contributed by atoms with van der Waals surface area (Å²) in [4.78, 5) is 0. The minimum absolute atomic E-state index is 0. The molecule has 14 aromatic carbocycles. The predicted octanol–water partition coefficient (Wildman–Crippen LogP) is 13.9. The smallest absolute Gasteiger partial charge is 1.00 e. The summed E-state index contributed by atoms with van der Waals surface area (Å²) >= 11 is -4.39. The van der Waals surface area contributed by atoms with Gasteiger partial charge in [-0.2, -0.15) is 0 Å². The van der Waals surface area contributed by atoms with Gasteiger partial charge in [-0.15, -0.1) is 0 Å². The van der Waals surface area contributed by atoms with Crippen LogP contribution in [0.25, 0.3) is 133 Å². The molecule has 488 valence electrons. The van der Waals surface area contributed by atoms with Gasteiger partial charge in [0, 0.05) is 0 Å². The summed E-state index contributed by atoms with van der Waals surface area (Å²) in [5.74, 6) is 0. The number of allylic oxidation sites excluding steroid dienone is 4. The number of rotatable bonds is 8. The van der Waals surface area contributed by atoms with Crippen LogP contribution in [0.2, 0.25) is 26.2 Å². The minimum atomic E-state index is -2.25. The summed E-state index contributed by atoms with van der Waals surface area (Å²) in [7, 11) is 0. The molecule has 0 bridgehead atoms. The Morgan fingerprint density at radius 3 is 0.950 bits per heavy atom. The summed E-state index contributed by atoms with van der Waals surface area (Å²) in [6, 6.07) is 101. The third-order valence-corrected chi connectivity index (χ3v) is 61.5. The molecule has 4 unspecified atom stereocenters. The summed E-state index contributed by atoms with van der Waals surface area (Å²) in [5, 5.41) is 15.8. The van der Waals surface area contributed by atoms with E-state index in [2.05, 4.69) is 345 Å². The van der Waals surface area contributed by atoms with E-state index in [0.717, 1.165) is 0 Å². The molecule has 0 radical (unpaired) electrons. The van der Waals surface area contributed by atoms with Crippen LogP contribution in [0.5, 0.6) is 0 Å². The maximum atomic E-state index is 2.63. The van der Waals surface area contributed by atoms with Gasteiger partial charge in [-0.05, 0) is 0 Å². The van der Waals surface area contributed by atoms with Gasteiger partial charge in [0.05, 0.1) is 0 Å². The molecule has 4 atom stereocenters. The molecule has 0 fully saturated rings. The second-order valence-corrected chi connectivity index (χ2v) is 63.7. The van der Waals surface area contributed by atoms with Crippen LogP contribution in [-0.4, -0.2) is 10.9 Å². The van der Waals surface area contributed by atoms with Gasteiger partial charge in [-0.3, -0.25) is 0 Å². The second-order valence-electron chi connectivity index (χ2n) is 28.0. The molecule has 0 aromatic heterocycles. The van der Waals surface area contributed by atoms with Crippen LogP contribution in [0, 0.1) is 0 Å². The molecular formula is C92H76Cl4Si2Zr2. The Morgan fingerprint density at radius 1 is 0.270 bits per heavy atom. The average molecular weight is 1560 g/mol. The van der Waals surface area contributed by atoms with E-state index in [1.54, 1.807) is 44.5 Å². The molecule has 8 heteroatoms. The SMILES string of the molecule is CC1=Cc2c(-c3ccc4ccccc4c3)cccc2[CH]1[Zr+4]([CH]1C(C)=Cc2c(-c3ccc4ccccc4c3)cccc21)=[Si](C)C.CC1=Cc2c(-c3cccc4cc5ccccc5cc34)cccc2[CH]1[Zr]([CH]1C(C)=Cc2c(-c3cccc4cc5ccccc5cc34)cccc21)=[Si](C)C.[Cl-].[Cl-].[Cl-].[Cl-]. The zero-order valence-electron chi connectivity index (χ0n) is 57.5. The van der Waals surface area contributed by atoms with Crippen LogP contribution in [0.1, 0.15) is 86.7 Å². The zero-order chi connectivity index (χ0) is 65.0. The topological polar surface area (TPSA) is 0 Å². The average Bonchev–Trinajstić information content (AvgIpc) is 1.58. The fourth-order valence-corrected chi connectivity index (χ4v) is 58.9. The van der Waals surface area contributed by atoms with Crippen molar-refractivity contribution in [2.24, 2.45) is 0 Å². The van der Waals surface area contributed by atoms with E-state index in [0.29, 0.717) is 14.5 Å². The molecule has 4 aliphatic carbocycles. The number of benzene rings is 14. The first-order chi connectivity index (χ1) is 46.9. The summed E-state index contributed by atoms with van der Waals surface area (Å²) in [6.07, 6.45) is 10.3. The van der Waals surface area contributed by atoms with E-state index in [4.69, 9.17) is 0 Å². The molecule has 0 saturated carbocycles. The molecule has 0 spiro atoms. The van der Waals surface area contributed by atoms with Crippen LogP contribution in [0.4, 0.5) is 0 Å². The largest absolute Gasteiger partial charge is 1.00 e. The van der Waals surface area contributed by atoms with Crippen molar-refractivity contribution in [1.82, 2.24) is 0 Å². The van der Waals surface area contributed by atoms with E-state index in [-0.39, 0.29) is 49.6 Å². The predicted molar refractivity (Wildman–Crippen MR) is 413 cm³/mol. The van der Waals surface area contributed by atoms with Crippen molar-refractivity contribution in [3.8, 4) is 44.5 Å². The molecule has 0 saturated heterocycles. The summed E-state index contributed by atoms with van der Waals surface area (Å²) < 4.78 is 2.42. The standard InChI is InChI=1S/2C24H17.2C20H15.2C2H6Si.4ClH.2Zr/c2*1-16-12-19-8-4-10-21(23(19)13-16)22-11-5-9-20-14-17-6-2-3-7-18(17)15-24(20)22;2*1-14-11-17-7-4-8-19(20(17)12-14)18-10-9-15-5-2-3-6-16(15)13-18;2*1-3-2;;;;;;/h2*2-15H,1H3;2*2-13H,1H3;2*1-2H3;4*1H;;/q;;;;;;;;;;;+4/p-4. The molecule has 100 heavy (non-hydrogen) atoms. The Kier molecular flexibility index (Phi) is 21.0. The fraction of sp³-hybridized carbons (Fsp3) is 0.130. The Morgan fingerprint density at radius 2 is 0.570 bits per heavy atom. The monoisotopic (exact) mass is 1560 g/mol. The van der Waals surface area contributed by atoms with Crippen LogP contribution in [-0.2, 0) is 40.7 Å². The summed E-state index contributed by atoms with van der Waals surface area (Å²) in [6.45, 7) is 20.3. The molecule has 18 rings (SSSR count).